The molecule has 0 aliphatic carbocycles. The van der Waals surface area contributed by atoms with Crippen LogP contribution in [0, 0.1) is 0 Å². The molecule has 4 nitrogen and oxygen atoms in total. The average Bonchev–Trinajstić information content (AvgIpc) is 2.21. The van der Waals surface area contributed by atoms with Gasteiger partial charge in [0.1, 0.15) is 5.75 Å². The maximum Gasteiger partial charge on any atom is 0.317 e. The summed E-state index contributed by atoms with van der Waals surface area (Å²) >= 11 is 3.33. The van der Waals surface area contributed by atoms with Crippen molar-refractivity contribution in [1.82, 2.24) is 4.90 Å². The number of benzene rings is 1. The fourth-order valence-electron chi connectivity index (χ4n) is 1.49. The molecule has 0 spiro atoms. The number of phenols is 1. The van der Waals surface area contributed by atoms with Gasteiger partial charge in [0.25, 0.3) is 0 Å². The summed E-state index contributed by atoms with van der Waals surface area (Å²) in [7, 11) is 0. The van der Waals surface area contributed by atoms with E-state index in [2.05, 4.69) is 15.9 Å². The van der Waals surface area contributed by atoms with Crippen molar-refractivity contribution in [3.63, 3.8) is 0 Å². The van der Waals surface area contributed by atoms with E-state index in [4.69, 9.17) is 5.11 Å². The van der Waals surface area contributed by atoms with Crippen LogP contribution in [-0.4, -0.2) is 33.7 Å². The first-order chi connectivity index (χ1) is 7.90. The quantitative estimate of drug-likeness (QED) is 0.877. The van der Waals surface area contributed by atoms with Gasteiger partial charge in [0.15, 0.2) is 0 Å². The molecule has 17 heavy (non-hydrogen) atoms. The highest BCUT2D eigenvalue weighted by atomic mass is 79.9. The Bertz CT molecular complexity index is 407. The standard InChI is InChI=1S/C12H16BrNO3/c1-8(2)14(7-12(16)17)6-9-5-10(13)3-4-11(9)15/h3-5,8,15H,6-7H2,1-2H3,(H,16,17). The van der Waals surface area contributed by atoms with Gasteiger partial charge in [-0.1, -0.05) is 15.9 Å². The van der Waals surface area contributed by atoms with Gasteiger partial charge in [-0.15, -0.1) is 0 Å². The zero-order valence-corrected chi connectivity index (χ0v) is 11.4. The lowest BCUT2D eigenvalue weighted by molar-refractivity contribution is -0.138. The number of nitrogens with zero attached hydrogens (tertiary/aromatic N) is 1. The Hall–Kier alpha value is -1.07. The first kappa shape index (κ1) is 14.0. The summed E-state index contributed by atoms with van der Waals surface area (Å²) in [6.45, 7) is 4.23. The average molecular weight is 302 g/mol. The lowest BCUT2D eigenvalue weighted by atomic mass is 10.1. The molecule has 0 amide bonds. The fourth-order valence-corrected chi connectivity index (χ4v) is 1.90. The SMILES string of the molecule is CC(C)N(CC(=O)O)Cc1cc(Br)ccc1O. The van der Waals surface area contributed by atoms with Crippen LogP contribution in [0.4, 0.5) is 0 Å². The number of halogens is 1. The second-order valence-electron chi connectivity index (χ2n) is 4.17. The molecule has 2 N–H and O–H groups in total. The van der Waals surface area contributed by atoms with Gasteiger partial charge in [0, 0.05) is 22.6 Å². The van der Waals surface area contributed by atoms with E-state index in [0.29, 0.717) is 12.1 Å². The van der Waals surface area contributed by atoms with Gasteiger partial charge in [-0.3, -0.25) is 9.69 Å². The predicted octanol–water partition coefficient (Wildman–Crippen LogP) is 2.45. The second-order valence-corrected chi connectivity index (χ2v) is 5.08. The van der Waals surface area contributed by atoms with Crippen molar-refractivity contribution in [1.29, 1.82) is 0 Å². The van der Waals surface area contributed by atoms with Crippen LogP contribution in [-0.2, 0) is 11.3 Å². The monoisotopic (exact) mass is 301 g/mol. The normalized spacial score (nSPS) is 11.1. The number of aromatic hydroxyl groups is 1. The van der Waals surface area contributed by atoms with Crippen molar-refractivity contribution in [2.75, 3.05) is 6.54 Å². The Morgan fingerprint density at radius 1 is 1.47 bits per heavy atom. The van der Waals surface area contributed by atoms with Crippen molar-refractivity contribution in [2.24, 2.45) is 0 Å². The predicted molar refractivity (Wildman–Crippen MR) is 69.0 cm³/mol. The van der Waals surface area contributed by atoms with Crippen molar-refractivity contribution in [3.05, 3.63) is 28.2 Å². The Morgan fingerprint density at radius 2 is 2.12 bits per heavy atom. The zero-order chi connectivity index (χ0) is 13.0. The molecule has 0 unspecified atom stereocenters. The molecule has 0 atom stereocenters. The van der Waals surface area contributed by atoms with Gasteiger partial charge in [0.2, 0.25) is 0 Å². The molecule has 0 aromatic heterocycles. The molecule has 1 aromatic carbocycles. The summed E-state index contributed by atoms with van der Waals surface area (Å²) in [6.07, 6.45) is 0. The topological polar surface area (TPSA) is 60.8 Å². The highest BCUT2D eigenvalue weighted by Gasteiger charge is 2.15. The Labute approximate surface area is 109 Å². The molecule has 5 heteroatoms. The van der Waals surface area contributed by atoms with Crippen molar-refractivity contribution < 1.29 is 15.0 Å². The largest absolute Gasteiger partial charge is 0.508 e. The molecule has 0 fully saturated rings. The van der Waals surface area contributed by atoms with Crippen LogP contribution < -0.4 is 0 Å². The van der Waals surface area contributed by atoms with E-state index in [-0.39, 0.29) is 18.3 Å². The van der Waals surface area contributed by atoms with E-state index >= 15 is 0 Å². The Morgan fingerprint density at radius 3 is 2.65 bits per heavy atom. The van der Waals surface area contributed by atoms with Gasteiger partial charge >= 0.3 is 5.97 Å². The zero-order valence-electron chi connectivity index (χ0n) is 9.85. The number of hydrogen-bond acceptors (Lipinski definition) is 3. The summed E-state index contributed by atoms with van der Waals surface area (Å²) in [5, 5.41) is 18.5. The number of rotatable bonds is 5. The highest BCUT2D eigenvalue weighted by Crippen LogP contribution is 2.23. The Kier molecular flexibility index (Phi) is 4.96. The molecular formula is C12H16BrNO3. The van der Waals surface area contributed by atoms with E-state index in [0.717, 1.165) is 4.47 Å². The molecule has 0 aliphatic rings. The molecule has 0 heterocycles. The number of carboxylic acid groups (broad SMARTS) is 1. The highest BCUT2D eigenvalue weighted by molar-refractivity contribution is 9.10. The maximum absolute atomic E-state index is 10.7. The third-order valence-electron chi connectivity index (χ3n) is 2.48. The number of carbonyl (C=O) groups is 1. The molecule has 0 saturated heterocycles. The van der Waals surface area contributed by atoms with E-state index in [1.165, 1.54) is 0 Å². The van der Waals surface area contributed by atoms with E-state index in [1.54, 1.807) is 23.1 Å². The number of phenolic OH excluding ortho intramolecular Hbond substituents is 1. The van der Waals surface area contributed by atoms with Gasteiger partial charge < -0.3 is 10.2 Å². The number of hydrogen-bond donors (Lipinski definition) is 2. The molecule has 0 radical (unpaired) electrons. The minimum atomic E-state index is -0.867. The lowest BCUT2D eigenvalue weighted by Crippen LogP contribution is -2.35. The van der Waals surface area contributed by atoms with Crippen LogP contribution in [0.1, 0.15) is 19.4 Å². The van der Waals surface area contributed by atoms with E-state index in [9.17, 15) is 9.90 Å². The minimum Gasteiger partial charge on any atom is -0.508 e. The number of aliphatic carboxylic acids is 1. The van der Waals surface area contributed by atoms with Crippen LogP contribution in [0.3, 0.4) is 0 Å². The molecule has 1 rings (SSSR count). The summed E-state index contributed by atoms with van der Waals surface area (Å²) in [4.78, 5) is 12.5. The minimum absolute atomic E-state index is 0.0381. The van der Waals surface area contributed by atoms with Crippen LogP contribution in [0.15, 0.2) is 22.7 Å². The third-order valence-corrected chi connectivity index (χ3v) is 2.98. The smallest absolute Gasteiger partial charge is 0.317 e. The third kappa shape index (κ3) is 4.36. The van der Waals surface area contributed by atoms with Crippen LogP contribution >= 0.6 is 15.9 Å². The second kappa shape index (κ2) is 6.02. The van der Waals surface area contributed by atoms with Gasteiger partial charge in [-0.05, 0) is 32.0 Å². The van der Waals surface area contributed by atoms with Crippen molar-refractivity contribution >= 4 is 21.9 Å². The Balaban J connectivity index is 2.85. The first-order valence-corrected chi connectivity index (χ1v) is 6.12. The molecule has 0 aliphatic heterocycles. The number of carboxylic acids is 1. The van der Waals surface area contributed by atoms with Crippen molar-refractivity contribution in [3.8, 4) is 5.75 Å². The summed E-state index contributed by atoms with van der Waals surface area (Å²) < 4.78 is 0.865. The summed E-state index contributed by atoms with van der Waals surface area (Å²) in [5.74, 6) is -0.683. The maximum atomic E-state index is 10.7. The lowest BCUT2D eigenvalue weighted by Gasteiger charge is -2.24. The van der Waals surface area contributed by atoms with Crippen molar-refractivity contribution in [2.45, 2.75) is 26.4 Å². The van der Waals surface area contributed by atoms with Crippen LogP contribution in [0.2, 0.25) is 0 Å². The molecule has 1 aromatic rings. The molecule has 0 saturated carbocycles. The van der Waals surface area contributed by atoms with Gasteiger partial charge in [-0.2, -0.15) is 0 Å². The van der Waals surface area contributed by atoms with Gasteiger partial charge in [0.05, 0.1) is 6.54 Å². The fraction of sp³-hybridized carbons (Fsp3) is 0.417. The van der Waals surface area contributed by atoms with E-state index in [1.807, 2.05) is 13.8 Å². The van der Waals surface area contributed by atoms with Crippen LogP contribution in [0.25, 0.3) is 0 Å². The summed E-state index contributed by atoms with van der Waals surface area (Å²) in [6, 6.07) is 5.24. The molecule has 0 bridgehead atoms. The molecular weight excluding hydrogens is 286 g/mol. The van der Waals surface area contributed by atoms with Gasteiger partial charge in [-0.25, -0.2) is 0 Å². The van der Waals surface area contributed by atoms with Crippen LogP contribution in [0.5, 0.6) is 5.75 Å². The van der Waals surface area contributed by atoms with E-state index < -0.39 is 5.97 Å². The molecule has 94 valence electrons. The summed E-state index contributed by atoms with van der Waals surface area (Å²) in [5.41, 5.74) is 0.717. The first-order valence-electron chi connectivity index (χ1n) is 5.33.